The average molecular weight is 432 g/mol. The van der Waals surface area contributed by atoms with E-state index in [0.717, 1.165) is 12.8 Å². The number of piperidine rings is 1. The summed E-state index contributed by atoms with van der Waals surface area (Å²) in [5.41, 5.74) is 1.80. The topological polar surface area (TPSA) is 71.5 Å². The quantitative estimate of drug-likeness (QED) is 0.479. The number of benzene rings is 3. The van der Waals surface area contributed by atoms with E-state index in [-0.39, 0.29) is 38.5 Å². The van der Waals surface area contributed by atoms with Crippen LogP contribution in [0.3, 0.4) is 0 Å². The minimum Gasteiger partial charge on any atom is -0.338 e. The van der Waals surface area contributed by atoms with E-state index in [1.54, 1.807) is 23.1 Å². The van der Waals surface area contributed by atoms with Gasteiger partial charge in [0.05, 0.1) is 9.79 Å². The first-order chi connectivity index (χ1) is 15.0. The van der Waals surface area contributed by atoms with Gasteiger partial charge in [-0.15, -0.1) is 0 Å². The molecule has 156 valence electrons. The van der Waals surface area contributed by atoms with E-state index in [1.165, 1.54) is 29.8 Å². The molecule has 3 aromatic rings. The summed E-state index contributed by atoms with van der Waals surface area (Å²) >= 11 is 0. The summed E-state index contributed by atoms with van der Waals surface area (Å²) in [6.07, 6.45) is 1.90. The zero-order valence-electron chi connectivity index (χ0n) is 16.8. The number of carbonyl (C=O) groups excluding carboxylic acids is 2. The van der Waals surface area contributed by atoms with Crippen LogP contribution >= 0.6 is 0 Å². The molecule has 1 fully saturated rings. The van der Waals surface area contributed by atoms with E-state index in [0.29, 0.717) is 18.7 Å². The van der Waals surface area contributed by atoms with Crippen LogP contribution in [0.1, 0.15) is 50.6 Å². The third kappa shape index (κ3) is 3.27. The Hall–Kier alpha value is -3.25. The van der Waals surface area contributed by atoms with Gasteiger partial charge in [-0.1, -0.05) is 42.5 Å². The molecule has 0 saturated carbocycles. The summed E-state index contributed by atoms with van der Waals surface area (Å²) in [4.78, 5) is 27.8. The van der Waals surface area contributed by atoms with Gasteiger partial charge in [-0.3, -0.25) is 9.59 Å². The average Bonchev–Trinajstić information content (AvgIpc) is 2.83. The first kappa shape index (κ1) is 19.7. The van der Waals surface area contributed by atoms with Crippen LogP contribution in [-0.4, -0.2) is 38.1 Å². The van der Waals surface area contributed by atoms with Gasteiger partial charge in [0.25, 0.3) is 5.91 Å². The highest BCUT2D eigenvalue weighted by Gasteiger charge is 2.35. The number of carbonyl (C=O) groups is 2. The van der Waals surface area contributed by atoms with Crippen molar-refractivity contribution >= 4 is 21.5 Å². The van der Waals surface area contributed by atoms with Crippen molar-refractivity contribution in [2.75, 3.05) is 13.1 Å². The lowest BCUT2D eigenvalue weighted by Crippen LogP contribution is -2.39. The maximum Gasteiger partial charge on any atom is 0.253 e. The zero-order valence-corrected chi connectivity index (χ0v) is 17.6. The molecule has 0 spiro atoms. The first-order valence-corrected chi connectivity index (χ1v) is 11.8. The lowest BCUT2D eigenvalue weighted by Gasteiger charge is -2.33. The van der Waals surface area contributed by atoms with Crippen molar-refractivity contribution in [3.05, 3.63) is 95.1 Å². The molecule has 2 aliphatic heterocycles. The van der Waals surface area contributed by atoms with E-state index in [4.69, 9.17) is 0 Å². The number of hydrogen-bond acceptors (Lipinski definition) is 4. The molecule has 3 aromatic carbocycles. The van der Waals surface area contributed by atoms with E-state index < -0.39 is 9.84 Å². The van der Waals surface area contributed by atoms with Crippen LogP contribution in [0.2, 0.25) is 0 Å². The number of likely N-dealkylation sites (tertiary alicyclic amines) is 1. The van der Waals surface area contributed by atoms with Gasteiger partial charge in [0.2, 0.25) is 9.84 Å². The Bertz CT molecular complexity index is 1300. The molecule has 2 heterocycles. The maximum absolute atomic E-state index is 13.2. The van der Waals surface area contributed by atoms with Gasteiger partial charge < -0.3 is 4.90 Å². The third-order valence-electron chi connectivity index (χ3n) is 6.16. The van der Waals surface area contributed by atoms with E-state index in [2.05, 4.69) is 12.1 Å². The van der Waals surface area contributed by atoms with Gasteiger partial charge in [0.1, 0.15) is 0 Å². The van der Waals surface area contributed by atoms with Crippen LogP contribution in [0.5, 0.6) is 0 Å². The predicted octanol–water partition coefficient (Wildman–Crippen LogP) is 4.08. The highest BCUT2D eigenvalue weighted by molar-refractivity contribution is 7.91. The number of amides is 1. The molecule has 6 heteroatoms. The number of nitrogens with zero attached hydrogens (tertiary/aromatic N) is 1. The Morgan fingerprint density at radius 1 is 0.871 bits per heavy atom. The number of ketones is 1. The standard InChI is InChI=1S/C25H21NO4S/c27-24-20-10-4-5-11-22(20)31(29,30)23-15-18(12-13-21(23)24)25(28)26-14-6-9-19(16-26)17-7-2-1-3-8-17/h1-5,7-8,10-13,15,19H,6,9,14,16H2. The molecule has 31 heavy (non-hydrogen) atoms. The molecular weight excluding hydrogens is 410 g/mol. The molecule has 1 saturated heterocycles. The number of hydrogen-bond donors (Lipinski definition) is 0. The van der Waals surface area contributed by atoms with Crippen molar-refractivity contribution in [3.8, 4) is 0 Å². The Kier molecular flexibility index (Phi) is 4.74. The Morgan fingerprint density at radius 3 is 2.39 bits per heavy atom. The number of fused-ring (bicyclic) bond motifs is 2. The Labute approximate surface area is 181 Å². The fourth-order valence-electron chi connectivity index (χ4n) is 4.56. The third-order valence-corrected chi connectivity index (χ3v) is 8.02. The zero-order chi connectivity index (χ0) is 21.6. The van der Waals surface area contributed by atoms with Gasteiger partial charge in [-0.25, -0.2) is 8.42 Å². The van der Waals surface area contributed by atoms with E-state index in [1.807, 2.05) is 18.2 Å². The van der Waals surface area contributed by atoms with Gasteiger partial charge in [0, 0.05) is 35.7 Å². The molecule has 0 bridgehead atoms. The fourth-order valence-corrected chi connectivity index (χ4v) is 6.24. The van der Waals surface area contributed by atoms with E-state index >= 15 is 0 Å². The number of sulfone groups is 1. The van der Waals surface area contributed by atoms with Gasteiger partial charge in [-0.05, 0) is 48.7 Å². The van der Waals surface area contributed by atoms with Crippen molar-refractivity contribution < 1.29 is 18.0 Å². The first-order valence-electron chi connectivity index (χ1n) is 10.3. The minimum absolute atomic E-state index is 0.000729. The van der Waals surface area contributed by atoms with Crippen LogP contribution in [0, 0.1) is 0 Å². The molecule has 1 unspecified atom stereocenters. The SMILES string of the molecule is O=C1c2ccccc2S(=O)(=O)c2cc(C(=O)N3CCCC(c4ccccc4)C3)ccc21. The second-order valence-electron chi connectivity index (χ2n) is 8.04. The van der Waals surface area contributed by atoms with Crippen molar-refractivity contribution in [2.24, 2.45) is 0 Å². The summed E-state index contributed by atoms with van der Waals surface area (Å²) in [7, 11) is -3.87. The van der Waals surface area contributed by atoms with Crippen LogP contribution in [0.4, 0.5) is 0 Å². The monoisotopic (exact) mass is 431 g/mol. The highest BCUT2D eigenvalue weighted by Crippen LogP contribution is 2.35. The van der Waals surface area contributed by atoms with Crippen molar-refractivity contribution in [1.82, 2.24) is 4.90 Å². The summed E-state index contributed by atoms with van der Waals surface area (Å²) in [6, 6.07) is 20.7. The summed E-state index contributed by atoms with van der Waals surface area (Å²) in [5.74, 6) is -0.278. The molecule has 0 aromatic heterocycles. The second kappa shape index (κ2) is 7.46. The number of rotatable bonds is 2. The van der Waals surface area contributed by atoms with Gasteiger partial charge >= 0.3 is 0 Å². The molecule has 1 atom stereocenters. The van der Waals surface area contributed by atoms with Crippen LogP contribution in [-0.2, 0) is 9.84 Å². The predicted molar refractivity (Wildman–Crippen MR) is 116 cm³/mol. The summed E-state index contributed by atoms with van der Waals surface area (Å²) < 4.78 is 26.3. The largest absolute Gasteiger partial charge is 0.338 e. The molecule has 5 rings (SSSR count). The van der Waals surface area contributed by atoms with Gasteiger partial charge in [0.15, 0.2) is 5.78 Å². The molecular formula is C25H21NO4S. The normalized spacial score (nSPS) is 19.4. The highest BCUT2D eigenvalue weighted by atomic mass is 32.2. The fraction of sp³-hybridized carbons (Fsp3) is 0.200. The van der Waals surface area contributed by atoms with Crippen molar-refractivity contribution in [3.63, 3.8) is 0 Å². The molecule has 5 nitrogen and oxygen atoms in total. The Morgan fingerprint density at radius 2 is 1.58 bits per heavy atom. The minimum atomic E-state index is -3.87. The molecule has 0 radical (unpaired) electrons. The second-order valence-corrected chi connectivity index (χ2v) is 9.93. The molecule has 1 amide bonds. The van der Waals surface area contributed by atoms with Crippen molar-refractivity contribution in [2.45, 2.75) is 28.6 Å². The lowest BCUT2D eigenvalue weighted by atomic mass is 9.90. The smallest absolute Gasteiger partial charge is 0.253 e. The Balaban J connectivity index is 1.48. The van der Waals surface area contributed by atoms with Crippen molar-refractivity contribution in [1.29, 1.82) is 0 Å². The maximum atomic E-state index is 13.2. The van der Waals surface area contributed by atoms with Crippen LogP contribution < -0.4 is 0 Å². The van der Waals surface area contributed by atoms with E-state index in [9.17, 15) is 18.0 Å². The van der Waals surface area contributed by atoms with Crippen LogP contribution in [0.15, 0.2) is 82.6 Å². The molecule has 2 aliphatic rings. The van der Waals surface area contributed by atoms with Crippen LogP contribution in [0.25, 0.3) is 0 Å². The summed E-state index contributed by atoms with van der Waals surface area (Å²) in [6.45, 7) is 1.22. The van der Waals surface area contributed by atoms with Gasteiger partial charge in [-0.2, -0.15) is 0 Å². The summed E-state index contributed by atoms with van der Waals surface area (Å²) in [5, 5.41) is 0. The molecule has 0 aliphatic carbocycles. The lowest BCUT2D eigenvalue weighted by molar-refractivity contribution is 0.0706. The molecule has 0 N–H and O–H groups in total.